The normalized spacial score (nSPS) is 16.4. The molecule has 0 atom stereocenters. The summed E-state index contributed by atoms with van der Waals surface area (Å²) in [5.41, 5.74) is 0. The molecule has 0 spiro atoms. The molecule has 0 amide bonds. The number of hydrogen-bond acceptors (Lipinski definition) is 4. The first kappa shape index (κ1) is 14.0. The number of thioether (sulfide) groups is 2. The third kappa shape index (κ3) is 4.42. The van der Waals surface area contributed by atoms with Crippen LogP contribution < -0.4 is 0 Å². The van der Waals surface area contributed by atoms with Gasteiger partial charge in [-0.15, -0.1) is 23.5 Å². The lowest BCUT2D eigenvalue weighted by Crippen LogP contribution is -2.12. The van der Waals surface area contributed by atoms with E-state index in [-0.39, 0.29) is 5.97 Å². The van der Waals surface area contributed by atoms with Gasteiger partial charge in [-0.1, -0.05) is 26.7 Å². The highest BCUT2D eigenvalue weighted by Gasteiger charge is 2.20. The molecule has 0 aromatic heterocycles. The summed E-state index contributed by atoms with van der Waals surface area (Å²) >= 11 is 3.48. The molecule has 0 saturated carbocycles. The molecule has 1 rings (SSSR count). The van der Waals surface area contributed by atoms with E-state index in [1.165, 1.54) is 4.91 Å². The van der Waals surface area contributed by atoms with Crippen LogP contribution in [0.5, 0.6) is 0 Å². The van der Waals surface area contributed by atoms with E-state index in [0.29, 0.717) is 6.61 Å². The van der Waals surface area contributed by atoms with Crippen molar-refractivity contribution in [2.45, 2.75) is 39.5 Å². The third-order valence-electron chi connectivity index (χ3n) is 2.25. The highest BCUT2D eigenvalue weighted by molar-refractivity contribution is 8.10. The number of esters is 1. The van der Waals surface area contributed by atoms with Crippen LogP contribution in [0.2, 0.25) is 0 Å². The smallest absolute Gasteiger partial charge is 0.345 e. The van der Waals surface area contributed by atoms with E-state index in [1.54, 1.807) is 11.8 Å². The SMILES string of the molecule is CCCCOC(=O)C1=C(CCC)SCCS1. The monoisotopic (exact) mass is 260 g/mol. The third-order valence-corrected chi connectivity index (χ3v) is 4.92. The van der Waals surface area contributed by atoms with Gasteiger partial charge in [0.15, 0.2) is 0 Å². The highest BCUT2D eigenvalue weighted by Crippen LogP contribution is 2.37. The van der Waals surface area contributed by atoms with E-state index in [1.807, 2.05) is 11.8 Å². The Labute approximate surface area is 107 Å². The molecule has 0 N–H and O–H groups in total. The molecule has 1 aliphatic heterocycles. The Morgan fingerprint density at radius 1 is 1.25 bits per heavy atom. The predicted molar refractivity (Wildman–Crippen MR) is 72.7 cm³/mol. The van der Waals surface area contributed by atoms with Crippen molar-refractivity contribution in [3.8, 4) is 0 Å². The van der Waals surface area contributed by atoms with Crippen molar-refractivity contribution < 1.29 is 9.53 Å². The zero-order valence-corrected chi connectivity index (χ0v) is 11.7. The molecule has 4 heteroatoms. The Morgan fingerprint density at radius 3 is 2.69 bits per heavy atom. The van der Waals surface area contributed by atoms with Crippen LogP contribution in [0, 0.1) is 0 Å². The fourth-order valence-corrected chi connectivity index (χ4v) is 3.89. The maximum absolute atomic E-state index is 11.8. The molecule has 0 fully saturated rings. The topological polar surface area (TPSA) is 26.3 Å². The maximum atomic E-state index is 11.8. The molecule has 2 nitrogen and oxygen atoms in total. The van der Waals surface area contributed by atoms with E-state index in [2.05, 4.69) is 13.8 Å². The number of rotatable bonds is 6. The highest BCUT2D eigenvalue weighted by atomic mass is 32.2. The molecule has 1 aliphatic rings. The molecular weight excluding hydrogens is 240 g/mol. The van der Waals surface area contributed by atoms with Crippen LogP contribution >= 0.6 is 23.5 Å². The lowest BCUT2D eigenvalue weighted by atomic mass is 10.3. The second-order valence-electron chi connectivity index (χ2n) is 3.69. The summed E-state index contributed by atoms with van der Waals surface area (Å²) in [6, 6.07) is 0. The van der Waals surface area contributed by atoms with Gasteiger partial charge in [0.2, 0.25) is 0 Å². The molecule has 0 unspecified atom stereocenters. The van der Waals surface area contributed by atoms with E-state index in [9.17, 15) is 4.79 Å². The van der Waals surface area contributed by atoms with Crippen LogP contribution in [0.3, 0.4) is 0 Å². The molecule has 16 heavy (non-hydrogen) atoms. The van der Waals surface area contributed by atoms with Gasteiger partial charge >= 0.3 is 5.97 Å². The Bertz CT molecular complexity index is 262. The Morgan fingerprint density at radius 2 is 2.00 bits per heavy atom. The van der Waals surface area contributed by atoms with Gasteiger partial charge in [-0.3, -0.25) is 0 Å². The van der Waals surface area contributed by atoms with Crippen LogP contribution in [0.4, 0.5) is 0 Å². The van der Waals surface area contributed by atoms with Crippen LogP contribution in [0.15, 0.2) is 9.81 Å². The van der Waals surface area contributed by atoms with Crippen molar-refractivity contribution in [2.24, 2.45) is 0 Å². The van der Waals surface area contributed by atoms with Crippen molar-refractivity contribution in [1.29, 1.82) is 0 Å². The first-order chi connectivity index (χ1) is 7.79. The number of unbranched alkanes of at least 4 members (excludes halogenated alkanes) is 1. The van der Waals surface area contributed by atoms with Crippen molar-refractivity contribution in [3.63, 3.8) is 0 Å². The average Bonchev–Trinajstić information content (AvgIpc) is 2.30. The minimum Gasteiger partial charge on any atom is -0.462 e. The minimum absolute atomic E-state index is 0.103. The van der Waals surface area contributed by atoms with E-state index >= 15 is 0 Å². The molecule has 0 aromatic carbocycles. The van der Waals surface area contributed by atoms with Crippen LogP contribution in [0.25, 0.3) is 0 Å². The van der Waals surface area contributed by atoms with Crippen molar-refractivity contribution >= 4 is 29.5 Å². The van der Waals surface area contributed by atoms with Crippen LogP contribution in [0.1, 0.15) is 39.5 Å². The van der Waals surface area contributed by atoms with Gasteiger partial charge in [-0.2, -0.15) is 0 Å². The molecular formula is C12H20O2S2. The summed E-state index contributed by atoms with van der Waals surface area (Å²) in [4.78, 5) is 13.9. The summed E-state index contributed by atoms with van der Waals surface area (Å²) in [6.45, 7) is 4.80. The molecule has 0 aromatic rings. The molecule has 92 valence electrons. The fourth-order valence-electron chi connectivity index (χ4n) is 1.41. The molecule has 1 heterocycles. The van der Waals surface area contributed by atoms with Gasteiger partial charge in [0.25, 0.3) is 0 Å². The summed E-state index contributed by atoms with van der Waals surface area (Å²) in [5.74, 6) is 2.04. The largest absolute Gasteiger partial charge is 0.462 e. The van der Waals surface area contributed by atoms with Crippen molar-refractivity contribution in [2.75, 3.05) is 18.1 Å². The fraction of sp³-hybridized carbons (Fsp3) is 0.750. The van der Waals surface area contributed by atoms with Crippen molar-refractivity contribution in [3.05, 3.63) is 9.81 Å². The zero-order valence-electron chi connectivity index (χ0n) is 10.1. The molecule has 0 radical (unpaired) electrons. The maximum Gasteiger partial charge on any atom is 0.345 e. The van der Waals surface area contributed by atoms with Gasteiger partial charge < -0.3 is 4.74 Å². The van der Waals surface area contributed by atoms with Gasteiger partial charge in [-0.05, 0) is 12.8 Å². The zero-order chi connectivity index (χ0) is 11.8. The van der Waals surface area contributed by atoms with Gasteiger partial charge in [-0.25, -0.2) is 4.79 Å². The Balaban J connectivity index is 2.55. The molecule has 0 aliphatic carbocycles. The number of allylic oxidation sites excluding steroid dienone is 1. The number of ether oxygens (including phenoxy) is 1. The number of hydrogen-bond donors (Lipinski definition) is 0. The Hall–Kier alpha value is -0.0900. The minimum atomic E-state index is -0.103. The molecule has 0 saturated heterocycles. The quantitative estimate of drug-likeness (QED) is 0.536. The van der Waals surface area contributed by atoms with Gasteiger partial charge in [0.05, 0.1) is 6.61 Å². The van der Waals surface area contributed by atoms with E-state index in [0.717, 1.165) is 42.1 Å². The standard InChI is InChI=1S/C12H20O2S2/c1-3-5-7-14-12(13)11-10(6-4-2)15-8-9-16-11/h3-9H2,1-2H3. The number of carbonyl (C=O) groups excluding carboxylic acids is 1. The lowest BCUT2D eigenvalue weighted by molar-refractivity contribution is -0.138. The van der Waals surface area contributed by atoms with Gasteiger partial charge in [0.1, 0.15) is 4.91 Å². The predicted octanol–water partition coefficient (Wildman–Crippen LogP) is 3.82. The average molecular weight is 260 g/mol. The number of carbonyl (C=O) groups is 1. The second-order valence-corrected chi connectivity index (χ2v) is 5.98. The summed E-state index contributed by atoms with van der Waals surface area (Å²) in [6.07, 6.45) is 4.13. The molecule has 0 bridgehead atoms. The first-order valence-electron chi connectivity index (χ1n) is 5.95. The van der Waals surface area contributed by atoms with E-state index in [4.69, 9.17) is 4.74 Å². The van der Waals surface area contributed by atoms with Crippen LogP contribution in [-0.4, -0.2) is 24.1 Å². The Kier molecular flexibility index (Phi) is 7.05. The van der Waals surface area contributed by atoms with Crippen molar-refractivity contribution in [1.82, 2.24) is 0 Å². The van der Waals surface area contributed by atoms with E-state index < -0.39 is 0 Å². The second kappa shape index (κ2) is 8.07. The summed E-state index contributed by atoms with van der Waals surface area (Å²) in [5, 5.41) is 0. The van der Waals surface area contributed by atoms with Gasteiger partial charge in [0, 0.05) is 16.4 Å². The van der Waals surface area contributed by atoms with Crippen LogP contribution in [-0.2, 0) is 9.53 Å². The summed E-state index contributed by atoms with van der Waals surface area (Å²) in [7, 11) is 0. The first-order valence-corrected chi connectivity index (χ1v) is 7.92. The lowest BCUT2D eigenvalue weighted by Gasteiger charge is -2.17. The summed E-state index contributed by atoms with van der Waals surface area (Å²) < 4.78 is 5.27.